The molecule has 0 saturated heterocycles. The first-order chi connectivity index (χ1) is 10.5. The summed E-state index contributed by atoms with van der Waals surface area (Å²) < 4.78 is 4.69. The molecular weight excluding hydrogens is 282 g/mol. The van der Waals surface area contributed by atoms with Gasteiger partial charge in [-0.1, -0.05) is 6.07 Å². The van der Waals surface area contributed by atoms with Crippen LogP contribution < -0.4 is 5.32 Å². The van der Waals surface area contributed by atoms with Gasteiger partial charge >= 0.3 is 5.97 Å². The van der Waals surface area contributed by atoms with Crippen LogP contribution in [-0.2, 0) is 14.3 Å². The molecule has 0 radical (unpaired) electrons. The number of nitrogens with one attached hydrogen (secondary N) is 2. The van der Waals surface area contributed by atoms with Crippen LogP contribution >= 0.6 is 0 Å². The average molecular weight is 301 g/mol. The molecule has 1 aliphatic rings. The highest BCUT2D eigenvalue weighted by molar-refractivity contribution is 6.47. The van der Waals surface area contributed by atoms with Crippen LogP contribution in [0.2, 0.25) is 0 Å². The normalized spacial score (nSPS) is 20.7. The summed E-state index contributed by atoms with van der Waals surface area (Å²) in [6.45, 7) is 1.85. The number of esters is 1. The molecule has 2 rings (SSSR count). The van der Waals surface area contributed by atoms with Gasteiger partial charge in [-0.25, -0.2) is 0 Å². The van der Waals surface area contributed by atoms with Gasteiger partial charge in [-0.15, -0.1) is 0 Å². The van der Waals surface area contributed by atoms with E-state index in [1.165, 1.54) is 7.11 Å². The van der Waals surface area contributed by atoms with Crippen molar-refractivity contribution < 1.29 is 14.3 Å². The van der Waals surface area contributed by atoms with Crippen molar-refractivity contribution in [1.29, 1.82) is 5.41 Å². The highest BCUT2D eigenvalue weighted by atomic mass is 16.5. The number of pyridine rings is 1. The zero-order valence-electron chi connectivity index (χ0n) is 12.6. The largest absolute Gasteiger partial charge is 0.469 e. The number of rotatable bonds is 6. The van der Waals surface area contributed by atoms with Gasteiger partial charge < -0.3 is 10.1 Å². The van der Waals surface area contributed by atoms with Gasteiger partial charge in [-0.2, -0.15) is 0 Å². The van der Waals surface area contributed by atoms with Gasteiger partial charge in [-0.05, 0) is 31.9 Å². The Kier molecular flexibility index (Phi) is 5.04. The zero-order valence-corrected chi connectivity index (χ0v) is 12.6. The summed E-state index contributed by atoms with van der Waals surface area (Å²) in [5.41, 5.74) is 1.71. The molecule has 0 bridgehead atoms. The van der Waals surface area contributed by atoms with E-state index in [1.54, 1.807) is 12.3 Å². The SMILES string of the molecule is COC(=O)C1CC(N/C=C(\C(=N)C=O)c2cccc(C)n2)C1. The Bertz CT molecular complexity index is 619. The number of aldehydes is 1. The number of nitrogens with zero attached hydrogens (tertiary/aromatic N) is 1. The monoisotopic (exact) mass is 301 g/mol. The van der Waals surface area contributed by atoms with Gasteiger partial charge in [0.2, 0.25) is 0 Å². The number of methoxy groups -OCH3 is 1. The Morgan fingerprint density at radius 1 is 1.45 bits per heavy atom. The molecule has 1 saturated carbocycles. The lowest BCUT2D eigenvalue weighted by Gasteiger charge is -2.33. The first-order valence-electron chi connectivity index (χ1n) is 7.07. The maximum absolute atomic E-state index is 11.3. The zero-order chi connectivity index (χ0) is 16.1. The predicted molar refractivity (Wildman–Crippen MR) is 82.4 cm³/mol. The second-order valence-corrected chi connectivity index (χ2v) is 5.31. The molecule has 0 spiro atoms. The molecule has 22 heavy (non-hydrogen) atoms. The van der Waals surface area contributed by atoms with Crippen LogP contribution in [0.3, 0.4) is 0 Å². The Labute approximate surface area is 129 Å². The summed E-state index contributed by atoms with van der Waals surface area (Å²) in [7, 11) is 1.38. The molecule has 1 fully saturated rings. The molecule has 0 amide bonds. The van der Waals surface area contributed by atoms with E-state index in [0.717, 1.165) is 5.69 Å². The van der Waals surface area contributed by atoms with Crippen LogP contribution in [0.25, 0.3) is 5.57 Å². The lowest BCUT2D eigenvalue weighted by Crippen LogP contribution is -2.42. The molecule has 0 aliphatic heterocycles. The van der Waals surface area contributed by atoms with E-state index >= 15 is 0 Å². The molecular formula is C16H19N3O3. The lowest BCUT2D eigenvalue weighted by atomic mass is 9.80. The Hall–Kier alpha value is -2.50. The number of carbonyl (C=O) groups is 2. The van der Waals surface area contributed by atoms with Crippen molar-refractivity contribution in [3.05, 3.63) is 35.8 Å². The van der Waals surface area contributed by atoms with E-state index in [2.05, 4.69) is 10.3 Å². The van der Waals surface area contributed by atoms with Gasteiger partial charge in [0.05, 0.1) is 18.7 Å². The van der Waals surface area contributed by atoms with Crippen molar-refractivity contribution in [2.75, 3.05) is 7.11 Å². The Morgan fingerprint density at radius 3 is 2.77 bits per heavy atom. The van der Waals surface area contributed by atoms with Crippen molar-refractivity contribution in [3.8, 4) is 0 Å². The molecule has 2 N–H and O–H groups in total. The van der Waals surface area contributed by atoms with Crippen LogP contribution in [0.15, 0.2) is 24.4 Å². The number of aryl methyl sites for hydroxylation is 1. The van der Waals surface area contributed by atoms with Crippen molar-refractivity contribution in [2.45, 2.75) is 25.8 Å². The second kappa shape index (κ2) is 6.98. The minimum atomic E-state index is -0.191. The van der Waals surface area contributed by atoms with E-state index in [-0.39, 0.29) is 23.6 Å². The summed E-state index contributed by atoms with van der Waals surface area (Å²) in [5.74, 6) is -0.259. The quantitative estimate of drug-likeness (QED) is 0.472. The van der Waals surface area contributed by atoms with Gasteiger partial charge in [0.25, 0.3) is 0 Å². The third-order valence-corrected chi connectivity index (χ3v) is 3.71. The minimum Gasteiger partial charge on any atom is -0.469 e. The molecule has 1 heterocycles. The third kappa shape index (κ3) is 3.58. The molecule has 6 nitrogen and oxygen atoms in total. The standard InChI is InChI=1S/C16H19N3O3/c1-10-4-3-5-15(19-10)13(14(17)9-20)8-18-12-6-11(7-12)16(21)22-2/h3-5,8-9,11-12,17-18H,6-7H2,1-2H3/b13-8+,17-14?. The molecule has 116 valence electrons. The van der Waals surface area contributed by atoms with E-state index in [1.807, 2.05) is 19.1 Å². The number of allylic oxidation sites excluding steroid dienone is 1. The fourth-order valence-corrected chi connectivity index (χ4v) is 2.36. The molecule has 1 aliphatic carbocycles. The van der Waals surface area contributed by atoms with Gasteiger partial charge in [0.1, 0.15) is 5.71 Å². The number of hydrogen-bond donors (Lipinski definition) is 2. The fraction of sp³-hybridized carbons (Fsp3) is 0.375. The summed E-state index contributed by atoms with van der Waals surface area (Å²) in [6, 6.07) is 5.59. The Morgan fingerprint density at radius 2 is 2.18 bits per heavy atom. The van der Waals surface area contributed by atoms with E-state index < -0.39 is 0 Å². The lowest BCUT2D eigenvalue weighted by molar-refractivity contribution is -0.149. The van der Waals surface area contributed by atoms with Crippen LogP contribution in [0, 0.1) is 18.3 Å². The van der Waals surface area contributed by atoms with Gasteiger partial charge in [-0.3, -0.25) is 20.0 Å². The van der Waals surface area contributed by atoms with Gasteiger partial charge in [0, 0.05) is 23.5 Å². The first-order valence-corrected chi connectivity index (χ1v) is 7.07. The van der Waals surface area contributed by atoms with Crippen molar-refractivity contribution in [1.82, 2.24) is 10.3 Å². The number of aromatic nitrogens is 1. The molecule has 1 aromatic rings. The fourth-order valence-electron chi connectivity index (χ4n) is 2.36. The number of carbonyl (C=O) groups excluding carboxylic acids is 2. The number of ether oxygens (including phenoxy) is 1. The molecule has 6 heteroatoms. The van der Waals surface area contributed by atoms with E-state index in [9.17, 15) is 9.59 Å². The topological polar surface area (TPSA) is 92.1 Å². The summed E-state index contributed by atoms with van der Waals surface area (Å²) in [6.07, 6.45) is 3.50. The van der Waals surface area contributed by atoms with Crippen LogP contribution in [0.4, 0.5) is 0 Å². The van der Waals surface area contributed by atoms with E-state index in [0.29, 0.717) is 30.4 Å². The predicted octanol–water partition coefficient (Wildman–Crippen LogP) is 1.49. The number of hydrogen-bond acceptors (Lipinski definition) is 6. The highest BCUT2D eigenvalue weighted by Crippen LogP contribution is 2.28. The summed E-state index contributed by atoms with van der Waals surface area (Å²) in [4.78, 5) is 26.6. The van der Waals surface area contributed by atoms with Crippen molar-refractivity contribution >= 4 is 23.5 Å². The summed E-state index contributed by atoms with van der Waals surface area (Å²) >= 11 is 0. The smallest absolute Gasteiger partial charge is 0.308 e. The minimum absolute atomic E-state index is 0.0676. The average Bonchev–Trinajstić information content (AvgIpc) is 2.48. The summed E-state index contributed by atoms with van der Waals surface area (Å²) in [5, 5.41) is 10.9. The maximum atomic E-state index is 11.3. The molecule has 0 unspecified atom stereocenters. The third-order valence-electron chi connectivity index (χ3n) is 3.71. The van der Waals surface area contributed by atoms with Crippen LogP contribution in [0.5, 0.6) is 0 Å². The molecule has 0 atom stereocenters. The molecule has 1 aromatic heterocycles. The van der Waals surface area contributed by atoms with E-state index in [4.69, 9.17) is 10.1 Å². The second-order valence-electron chi connectivity index (χ2n) is 5.31. The first kappa shape index (κ1) is 15.9. The highest BCUT2D eigenvalue weighted by Gasteiger charge is 2.34. The van der Waals surface area contributed by atoms with Crippen molar-refractivity contribution in [2.24, 2.45) is 5.92 Å². The van der Waals surface area contributed by atoms with Crippen LogP contribution in [-0.4, -0.2) is 36.1 Å². The van der Waals surface area contributed by atoms with Gasteiger partial charge in [0.15, 0.2) is 6.29 Å². The van der Waals surface area contributed by atoms with Crippen LogP contribution in [0.1, 0.15) is 24.2 Å². The van der Waals surface area contributed by atoms with Crippen molar-refractivity contribution in [3.63, 3.8) is 0 Å². The Balaban J connectivity index is 2.06. The maximum Gasteiger partial charge on any atom is 0.308 e. The molecule has 0 aromatic carbocycles.